The van der Waals surface area contributed by atoms with Crippen molar-refractivity contribution in [2.45, 2.75) is 38.5 Å². The Balaban J connectivity index is 1.06. The Morgan fingerprint density at radius 2 is 1.70 bits per heavy atom. The number of amides is 4. The number of nitrogen functional groups attached to an aromatic ring is 1. The summed E-state index contributed by atoms with van der Waals surface area (Å²) < 4.78 is 5.45. The standard InChI is InChI=1S/C33H38N8O5/c34-32-31(33(45)39-26-21-35-15-13-27(26)40-17-19-46-20-18-40)38-25(22-37-32)24-9-7-23(8-10-24)5-4-14-36-28(42)6-2-1-3-16-41-29(43)11-12-30(41)44/h7-13,15,21-22H,1-6,14,16-20H2,(H2,34,37)(H,36,42)(H,39,45). The number of aromatic nitrogens is 3. The minimum Gasteiger partial charge on any atom is -0.382 e. The van der Waals surface area contributed by atoms with E-state index < -0.39 is 5.91 Å². The molecule has 0 spiro atoms. The van der Waals surface area contributed by atoms with Gasteiger partial charge in [0.05, 0.1) is 42.7 Å². The molecule has 1 fully saturated rings. The van der Waals surface area contributed by atoms with E-state index in [4.69, 9.17) is 10.5 Å². The molecular formula is C33H38N8O5. The number of aryl methyl sites for hydroxylation is 1. The topological polar surface area (TPSA) is 173 Å². The summed E-state index contributed by atoms with van der Waals surface area (Å²) in [5.41, 5.74) is 9.92. The molecule has 5 rings (SSSR count). The van der Waals surface area contributed by atoms with Gasteiger partial charge in [-0.1, -0.05) is 30.7 Å². The summed E-state index contributed by atoms with van der Waals surface area (Å²) in [6, 6.07) is 9.68. The molecular weight excluding hydrogens is 588 g/mol. The highest BCUT2D eigenvalue weighted by atomic mass is 16.5. The second-order valence-corrected chi connectivity index (χ2v) is 11.1. The Kier molecular flexibility index (Phi) is 11.0. The number of nitrogens with one attached hydrogen (secondary N) is 2. The van der Waals surface area contributed by atoms with Gasteiger partial charge in [0.2, 0.25) is 5.91 Å². The summed E-state index contributed by atoms with van der Waals surface area (Å²) in [7, 11) is 0. The maximum Gasteiger partial charge on any atom is 0.278 e. The molecule has 46 heavy (non-hydrogen) atoms. The van der Waals surface area contributed by atoms with Crippen LogP contribution in [0.1, 0.15) is 48.2 Å². The van der Waals surface area contributed by atoms with Crippen molar-refractivity contribution in [3.63, 3.8) is 0 Å². The van der Waals surface area contributed by atoms with Crippen LogP contribution in [0.15, 0.2) is 61.1 Å². The van der Waals surface area contributed by atoms with E-state index in [1.165, 1.54) is 17.1 Å². The van der Waals surface area contributed by atoms with Gasteiger partial charge in [-0.15, -0.1) is 0 Å². The third-order valence-electron chi connectivity index (χ3n) is 7.81. The number of ether oxygens (including phenoxy) is 1. The SMILES string of the molecule is Nc1ncc(-c2ccc(CCCNC(=O)CCCCCN3C(=O)C=CC3=O)cc2)nc1C(=O)Nc1cnccc1N1CCOCC1. The molecule has 4 N–H and O–H groups in total. The van der Waals surface area contributed by atoms with E-state index in [1.54, 1.807) is 18.6 Å². The first kappa shape index (κ1) is 32.2. The fourth-order valence-corrected chi connectivity index (χ4v) is 5.28. The number of nitrogens with zero attached hydrogens (tertiary/aromatic N) is 5. The zero-order chi connectivity index (χ0) is 32.3. The minimum atomic E-state index is -0.472. The Hall–Kier alpha value is -5.17. The van der Waals surface area contributed by atoms with Crippen molar-refractivity contribution >= 4 is 40.8 Å². The fraction of sp³-hybridized carbons (Fsp3) is 0.364. The van der Waals surface area contributed by atoms with Crippen LogP contribution in [0, 0.1) is 0 Å². The molecule has 0 saturated carbocycles. The van der Waals surface area contributed by atoms with Crippen molar-refractivity contribution in [3.8, 4) is 11.3 Å². The lowest BCUT2D eigenvalue weighted by atomic mass is 10.1. The van der Waals surface area contributed by atoms with Crippen LogP contribution in [-0.4, -0.2) is 82.9 Å². The number of imide groups is 1. The number of unbranched alkanes of at least 4 members (excludes halogenated alkanes) is 2. The molecule has 3 aromatic rings. The lowest BCUT2D eigenvalue weighted by Gasteiger charge is -2.30. The Bertz CT molecular complexity index is 1570. The number of carbonyl (C=O) groups is 4. The fourth-order valence-electron chi connectivity index (χ4n) is 5.28. The average Bonchev–Trinajstić information content (AvgIpc) is 3.40. The van der Waals surface area contributed by atoms with Crippen LogP contribution in [0.25, 0.3) is 11.3 Å². The molecule has 0 aliphatic carbocycles. The molecule has 0 bridgehead atoms. The van der Waals surface area contributed by atoms with Gasteiger partial charge in [-0.3, -0.25) is 29.1 Å². The largest absolute Gasteiger partial charge is 0.382 e. The molecule has 0 radical (unpaired) electrons. The number of carbonyl (C=O) groups excluding carboxylic acids is 4. The zero-order valence-electron chi connectivity index (χ0n) is 25.6. The summed E-state index contributed by atoms with van der Waals surface area (Å²) in [4.78, 5) is 64.8. The number of hydrogen-bond acceptors (Lipinski definition) is 10. The lowest BCUT2D eigenvalue weighted by Crippen LogP contribution is -2.36. The van der Waals surface area contributed by atoms with Gasteiger partial charge in [0.1, 0.15) is 0 Å². The normalized spacial score (nSPS) is 14.5. The number of rotatable bonds is 14. The summed E-state index contributed by atoms with van der Waals surface area (Å²) in [5, 5.41) is 5.85. The third-order valence-corrected chi connectivity index (χ3v) is 7.81. The molecule has 13 nitrogen and oxygen atoms in total. The Morgan fingerprint density at radius 3 is 2.46 bits per heavy atom. The van der Waals surface area contributed by atoms with Crippen molar-refractivity contribution < 1.29 is 23.9 Å². The van der Waals surface area contributed by atoms with Crippen LogP contribution in [0.5, 0.6) is 0 Å². The number of nitrogens with two attached hydrogens (primary N) is 1. The Labute approximate surface area is 267 Å². The van der Waals surface area contributed by atoms with E-state index in [0.29, 0.717) is 70.0 Å². The van der Waals surface area contributed by atoms with E-state index in [-0.39, 0.29) is 29.2 Å². The summed E-state index contributed by atoms with van der Waals surface area (Å²) in [6.07, 6.45) is 11.5. The molecule has 1 aromatic carbocycles. The van der Waals surface area contributed by atoms with Gasteiger partial charge in [0, 0.05) is 56.5 Å². The predicted molar refractivity (Wildman–Crippen MR) is 173 cm³/mol. The predicted octanol–water partition coefficient (Wildman–Crippen LogP) is 2.74. The van der Waals surface area contributed by atoms with Crippen molar-refractivity contribution in [3.05, 3.63) is 72.3 Å². The van der Waals surface area contributed by atoms with E-state index in [9.17, 15) is 19.2 Å². The highest BCUT2D eigenvalue weighted by molar-refractivity contribution is 6.12. The molecule has 13 heteroatoms. The van der Waals surface area contributed by atoms with Crippen molar-refractivity contribution in [1.82, 2.24) is 25.2 Å². The van der Waals surface area contributed by atoms with Gasteiger partial charge in [0.15, 0.2) is 11.5 Å². The zero-order valence-corrected chi connectivity index (χ0v) is 25.6. The highest BCUT2D eigenvalue weighted by Gasteiger charge is 2.22. The van der Waals surface area contributed by atoms with E-state index in [0.717, 1.165) is 36.1 Å². The first-order valence-corrected chi connectivity index (χ1v) is 15.5. The number of hydrogen-bond donors (Lipinski definition) is 3. The van der Waals surface area contributed by atoms with E-state index >= 15 is 0 Å². The van der Waals surface area contributed by atoms with Crippen LogP contribution < -0.4 is 21.3 Å². The van der Waals surface area contributed by atoms with Crippen LogP contribution >= 0.6 is 0 Å². The monoisotopic (exact) mass is 626 g/mol. The average molecular weight is 627 g/mol. The quantitative estimate of drug-likeness (QED) is 0.178. The van der Waals surface area contributed by atoms with E-state index in [1.807, 2.05) is 30.3 Å². The molecule has 1 saturated heterocycles. The molecule has 0 unspecified atom stereocenters. The second-order valence-electron chi connectivity index (χ2n) is 11.1. The third kappa shape index (κ3) is 8.51. The Morgan fingerprint density at radius 1 is 0.935 bits per heavy atom. The first-order chi connectivity index (χ1) is 22.4. The number of benzene rings is 1. The number of anilines is 3. The van der Waals surface area contributed by atoms with Crippen LogP contribution in [0.2, 0.25) is 0 Å². The van der Waals surface area contributed by atoms with Gasteiger partial charge in [-0.25, -0.2) is 9.97 Å². The summed E-state index contributed by atoms with van der Waals surface area (Å²) in [6.45, 7) is 3.60. The number of morpholine rings is 1. The van der Waals surface area contributed by atoms with Crippen LogP contribution in [0.4, 0.5) is 17.2 Å². The van der Waals surface area contributed by atoms with Crippen molar-refractivity contribution in [2.75, 3.05) is 55.3 Å². The minimum absolute atomic E-state index is 0.00653. The van der Waals surface area contributed by atoms with Crippen molar-refractivity contribution in [2.24, 2.45) is 0 Å². The second kappa shape index (κ2) is 15.7. The number of pyridine rings is 1. The van der Waals surface area contributed by atoms with Crippen LogP contribution in [0.3, 0.4) is 0 Å². The maximum atomic E-state index is 13.2. The molecule has 2 aliphatic rings. The highest BCUT2D eigenvalue weighted by Crippen LogP contribution is 2.27. The van der Waals surface area contributed by atoms with Crippen molar-refractivity contribution in [1.29, 1.82) is 0 Å². The lowest BCUT2D eigenvalue weighted by molar-refractivity contribution is -0.137. The van der Waals surface area contributed by atoms with Gasteiger partial charge in [-0.05, 0) is 37.3 Å². The molecule has 2 aromatic heterocycles. The van der Waals surface area contributed by atoms with E-state index in [2.05, 4.69) is 30.5 Å². The van der Waals surface area contributed by atoms with Gasteiger partial charge in [-0.2, -0.15) is 0 Å². The molecule has 4 amide bonds. The maximum absolute atomic E-state index is 13.2. The molecule has 0 atom stereocenters. The van der Waals surface area contributed by atoms with Gasteiger partial charge in [0.25, 0.3) is 17.7 Å². The smallest absolute Gasteiger partial charge is 0.278 e. The van der Waals surface area contributed by atoms with Gasteiger partial charge < -0.3 is 26.0 Å². The van der Waals surface area contributed by atoms with Crippen LogP contribution in [-0.2, 0) is 25.5 Å². The summed E-state index contributed by atoms with van der Waals surface area (Å²) in [5.74, 6) is -0.992. The first-order valence-electron chi connectivity index (χ1n) is 15.5. The molecule has 2 aliphatic heterocycles. The molecule has 240 valence electrons. The van der Waals surface area contributed by atoms with Gasteiger partial charge >= 0.3 is 0 Å². The molecule has 4 heterocycles. The summed E-state index contributed by atoms with van der Waals surface area (Å²) >= 11 is 0.